The second-order valence-electron chi connectivity index (χ2n) is 4.18. The maximum Gasteiger partial charge on any atom is 0.279 e. The van der Waals surface area contributed by atoms with Crippen LogP contribution in [0.25, 0.3) is 0 Å². The highest BCUT2D eigenvalue weighted by Gasteiger charge is 2.31. The van der Waals surface area contributed by atoms with E-state index < -0.39 is 10.2 Å². The van der Waals surface area contributed by atoms with Crippen molar-refractivity contribution in [3.63, 3.8) is 0 Å². The molecule has 0 atom stereocenters. The molecule has 0 amide bonds. The molecule has 0 bridgehead atoms. The molecule has 0 spiro atoms. The molecule has 2 N–H and O–H groups in total. The third-order valence-electron chi connectivity index (χ3n) is 2.31. The monoisotopic (exact) mass is 236 g/mol. The Hall–Kier alpha value is -0.170. The van der Waals surface area contributed by atoms with Gasteiger partial charge in [-0.2, -0.15) is 17.4 Å². The van der Waals surface area contributed by atoms with E-state index in [1.807, 2.05) is 13.8 Å². The normalized spacial score (nSPS) is 17.7. The van der Waals surface area contributed by atoms with Gasteiger partial charge in [-0.05, 0) is 33.1 Å². The molecule has 0 aromatic carbocycles. The molecule has 1 aliphatic rings. The Balaban J connectivity index is 2.59. The average Bonchev–Trinajstić information content (AvgIpc) is 2.87. The van der Waals surface area contributed by atoms with E-state index in [-0.39, 0.29) is 18.7 Å². The first-order valence-electron chi connectivity index (χ1n) is 5.37. The number of nitrogens with zero attached hydrogens (tertiary/aromatic N) is 1. The molecule has 0 saturated heterocycles. The number of hydrogen-bond donors (Lipinski definition) is 2. The van der Waals surface area contributed by atoms with Crippen molar-refractivity contribution in [1.82, 2.24) is 9.03 Å². The van der Waals surface area contributed by atoms with Crippen LogP contribution in [0.5, 0.6) is 0 Å². The first kappa shape index (κ1) is 12.9. The van der Waals surface area contributed by atoms with Crippen LogP contribution >= 0.6 is 0 Å². The van der Waals surface area contributed by atoms with Crippen LogP contribution in [0.4, 0.5) is 0 Å². The average molecular weight is 236 g/mol. The first-order chi connectivity index (χ1) is 6.97. The lowest BCUT2D eigenvalue weighted by Crippen LogP contribution is -2.45. The molecule has 0 unspecified atom stereocenters. The third-order valence-corrected chi connectivity index (χ3v) is 4.17. The zero-order valence-electron chi connectivity index (χ0n) is 9.31. The molecule has 1 saturated carbocycles. The first-order valence-corrected chi connectivity index (χ1v) is 6.81. The van der Waals surface area contributed by atoms with Crippen LogP contribution in [-0.2, 0) is 10.2 Å². The third kappa shape index (κ3) is 4.06. The molecule has 0 aliphatic heterocycles. The zero-order chi connectivity index (χ0) is 11.5. The van der Waals surface area contributed by atoms with Crippen molar-refractivity contribution in [1.29, 1.82) is 0 Å². The summed E-state index contributed by atoms with van der Waals surface area (Å²) < 4.78 is 27.8. The lowest BCUT2D eigenvalue weighted by atomic mass is 10.3. The van der Waals surface area contributed by atoms with E-state index in [4.69, 9.17) is 5.11 Å². The van der Waals surface area contributed by atoms with Crippen LogP contribution < -0.4 is 4.72 Å². The van der Waals surface area contributed by atoms with Crippen molar-refractivity contribution in [2.75, 3.05) is 13.2 Å². The molecule has 5 nitrogen and oxygen atoms in total. The van der Waals surface area contributed by atoms with E-state index in [1.54, 1.807) is 0 Å². The Kier molecular flexibility index (Phi) is 4.51. The molecule has 1 aliphatic carbocycles. The minimum Gasteiger partial charge on any atom is -0.396 e. The van der Waals surface area contributed by atoms with Crippen molar-refractivity contribution in [3.05, 3.63) is 0 Å². The molecule has 1 fully saturated rings. The van der Waals surface area contributed by atoms with E-state index >= 15 is 0 Å². The van der Waals surface area contributed by atoms with Crippen molar-refractivity contribution in [2.45, 2.75) is 45.2 Å². The molecule has 0 heterocycles. The predicted octanol–water partition coefficient (Wildman–Crippen LogP) is 0.0760. The molecule has 1 rings (SSSR count). The van der Waals surface area contributed by atoms with E-state index in [2.05, 4.69) is 4.72 Å². The summed E-state index contributed by atoms with van der Waals surface area (Å²) in [5.41, 5.74) is 0. The molecule has 0 aromatic heterocycles. The van der Waals surface area contributed by atoms with Gasteiger partial charge in [-0.1, -0.05) is 0 Å². The number of aliphatic hydroxyl groups excluding tert-OH is 1. The van der Waals surface area contributed by atoms with E-state index in [9.17, 15) is 8.42 Å². The highest BCUT2D eigenvalue weighted by molar-refractivity contribution is 7.87. The summed E-state index contributed by atoms with van der Waals surface area (Å²) in [5.74, 6) is 0. The van der Waals surface area contributed by atoms with Crippen LogP contribution in [0.15, 0.2) is 0 Å². The fraction of sp³-hybridized carbons (Fsp3) is 1.00. The molecular formula is C9H20N2O3S. The Morgan fingerprint density at radius 3 is 2.47 bits per heavy atom. The van der Waals surface area contributed by atoms with Crippen LogP contribution in [0.1, 0.15) is 33.1 Å². The summed E-state index contributed by atoms with van der Waals surface area (Å²) in [6, 6.07) is 0.0539. The minimum absolute atomic E-state index is 0.0160. The van der Waals surface area contributed by atoms with Gasteiger partial charge in [0.2, 0.25) is 0 Å². The van der Waals surface area contributed by atoms with Gasteiger partial charge in [0.25, 0.3) is 10.2 Å². The summed E-state index contributed by atoms with van der Waals surface area (Å²) in [7, 11) is -3.36. The standard InChI is InChI=1S/C9H20N2O3S/c1-8(2)11(6-3-7-12)15(13,14)10-9-4-5-9/h8-10,12H,3-7H2,1-2H3. The second kappa shape index (κ2) is 5.25. The Labute approximate surface area is 91.7 Å². The lowest BCUT2D eigenvalue weighted by molar-refractivity contribution is 0.257. The number of nitrogens with one attached hydrogen (secondary N) is 1. The topological polar surface area (TPSA) is 69.6 Å². The van der Waals surface area contributed by atoms with Crippen LogP contribution in [-0.4, -0.2) is 43.1 Å². The molecule has 90 valence electrons. The Morgan fingerprint density at radius 1 is 1.47 bits per heavy atom. The maximum atomic E-state index is 11.9. The quantitative estimate of drug-likeness (QED) is 0.657. The smallest absolute Gasteiger partial charge is 0.279 e. The van der Waals surface area contributed by atoms with Crippen LogP contribution in [0.3, 0.4) is 0 Å². The zero-order valence-corrected chi connectivity index (χ0v) is 10.1. The number of aliphatic hydroxyl groups is 1. The molecular weight excluding hydrogens is 216 g/mol. The SMILES string of the molecule is CC(C)N(CCCO)S(=O)(=O)NC1CC1. The minimum atomic E-state index is -3.36. The molecule has 0 aromatic rings. The summed E-state index contributed by atoms with van der Waals surface area (Å²) >= 11 is 0. The van der Waals surface area contributed by atoms with Gasteiger partial charge < -0.3 is 5.11 Å². The lowest BCUT2D eigenvalue weighted by Gasteiger charge is -2.25. The van der Waals surface area contributed by atoms with Crippen molar-refractivity contribution < 1.29 is 13.5 Å². The predicted molar refractivity (Wildman–Crippen MR) is 58.6 cm³/mol. The number of rotatable bonds is 7. The van der Waals surface area contributed by atoms with Gasteiger partial charge in [0, 0.05) is 25.2 Å². The van der Waals surface area contributed by atoms with Crippen molar-refractivity contribution in [3.8, 4) is 0 Å². The Morgan fingerprint density at radius 2 is 2.07 bits per heavy atom. The summed E-state index contributed by atoms with van der Waals surface area (Å²) in [5, 5.41) is 8.71. The second-order valence-corrected chi connectivity index (χ2v) is 5.83. The van der Waals surface area contributed by atoms with Gasteiger partial charge in [-0.3, -0.25) is 0 Å². The van der Waals surface area contributed by atoms with Crippen LogP contribution in [0, 0.1) is 0 Å². The van der Waals surface area contributed by atoms with E-state index in [0.29, 0.717) is 13.0 Å². The van der Waals surface area contributed by atoms with Gasteiger partial charge in [0.05, 0.1) is 0 Å². The van der Waals surface area contributed by atoms with Gasteiger partial charge >= 0.3 is 0 Å². The van der Waals surface area contributed by atoms with E-state index in [0.717, 1.165) is 12.8 Å². The molecule has 15 heavy (non-hydrogen) atoms. The van der Waals surface area contributed by atoms with Gasteiger partial charge in [-0.25, -0.2) is 0 Å². The summed E-state index contributed by atoms with van der Waals surface area (Å²) in [4.78, 5) is 0. The fourth-order valence-electron chi connectivity index (χ4n) is 1.36. The fourth-order valence-corrected chi connectivity index (χ4v) is 3.08. The maximum absolute atomic E-state index is 11.9. The molecule has 0 radical (unpaired) electrons. The summed E-state index contributed by atoms with van der Waals surface area (Å²) in [6.45, 7) is 4.06. The largest absolute Gasteiger partial charge is 0.396 e. The number of hydrogen-bond acceptors (Lipinski definition) is 3. The van der Waals surface area contributed by atoms with Gasteiger partial charge in [0.1, 0.15) is 0 Å². The van der Waals surface area contributed by atoms with Crippen LogP contribution in [0.2, 0.25) is 0 Å². The highest BCUT2D eigenvalue weighted by Crippen LogP contribution is 2.21. The summed E-state index contributed by atoms with van der Waals surface area (Å²) in [6.07, 6.45) is 2.35. The van der Waals surface area contributed by atoms with Gasteiger partial charge in [-0.15, -0.1) is 0 Å². The van der Waals surface area contributed by atoms with Gasteiger partial charge in [0.15, 0.2) is 0 Å². The van der Waals surface area contributed by atoms with Crippen molar-refractivity contribution >= 4 is 10.2 Å². The van der Waals surface area contributed by atoms with Crippen molar-refractivity contribution in [2.24, 2.45) is 0 Å². The van der Waals surface area contributed by atoms with E-state index in [1.165, 1.54) is 4.31 Å². The molecule has 6 heteroatoms. The highest BCUT2D eigenvalue weighted by atomic mass is 32.2. The Bertz CT molecular complexity index is 286.